The van der Waals surface area contributed by atoms with E-state index in [1.165, 1.54) is 116 Å². The average Bonchev–Trinajstić information content (AvgIpc) is 2.77. The zero-order valence-electron chi connectivity index (χ0n) is 20.8. The summed E-state index contributed by atoms with van der Waals surface area (Å²) in [5, 5.41) is 2.38. The summed E-state index contributed by atoms with van der Waals surface area (Å²) in [4.78, 5) is 12.4. The average molecular weight is 425 g/mol. The maximum atomic E-state index is 12.4. The van der Waals surface area contributed by atoms with E-state index >= 15 is 0 Å². The van der Waals surface area contributed by atoms with Gasteiger partial charge in [-0.3, -0.25) is 4.79 Å². The van der Waals surface area contributed by atoms with Crippen molar-refractivity contribution in [3.63, 3.8) is 0 Å². The molecule has 30 heavy (non-hydrogen) atoms. The molecule has 1 fully saturated rings. The summed E-state index contributed by atoms with van der Waals surface area (Å²) < 4.78 is 5.99. The van der Waals surface area contributed by atoms with Crippen LogP contribution in [-0.2, 0) is 9.53 Å². The maximum absolute atomic E-state index is 12.4. The number of hydrogen-bond donors (Lipinski definition) is 1. The van der Waals surface area contributed by atoms with E-state index in [0.29, 0.717) is 12.3 Å². The van der Waals surface area contributed by atoms with Gasteiger partial charge in [0, 0.05) is 25.2 Å². The van der Waals surface area contributed by atoms with Gasteiger partial charge in [-0.05, 0) is 19.8 Å². The smallest absolute Gasteiger partial charge is 0.306 e. The highest BCUT2D eigenvalue weighted by Gasteiger charge is 2.37. The summed E-state index contributed by atoms with van der Waals surface area (Å²) in [5.74, 6) is 0.570. The number of nitrogens with two attached hydrogens (primary N) is 1. The lowest BCUT2D eigenvalue weighted by atomic mass is 9.80. The topological polar surface area (TPSA) is 42.9 Å². The first kappa shape index (κ1) is 27.5. The van der Waals surface area contributed by atoms with Gasteiger partial charge in [0.1, 0.15) is 5.60 Å². The van der Waals surface area contributed by atoms with Gasteiger partial charge in [0.15, 0.2) is 0 Å². The fraction of sp³-hybridized carbons (Fsp3) is 0.963. The van der Waals surface area contributed by atoms with Gasteiger partial charge >= 0.3 is 5.97 Å². The van der Waals surface area contributed by atoms with Gasteiger partial charge in [-0.2, -0.15) is 0 Å². The van der Waals surface area contributed by atoms with E-state index in [1.807, 2.05) is 0 Å². The molecule has 3 heteroatoms. The van der Waals surface area contributed by atoms with Crippen LogP contribution < -0.4 is 5.32 Å². The fourth-order valence-electron chi connectivity index (χ4n) is 4.93. The first-order valence-electron chi connectivity index (χ1n) is 13.7. The number of rotatable bonds is 19. The number of unbranched alkanes of at least 4 members (excludes halogenated alkanes) is 14. The monoisotopic (exact) mass is 424 g/mol. The minimum absolute atomic E-state index is 0.0311. The van der Waals surface area contributed by atoms with Crippen LogP contribution in [-0.4, -0.2) is 24.7 Å². The molecular weight excluding hydrogens is 370 g/mol. The highest BCUT2D eigenvalue weighted by molar-refractivity contribution is 5.69. The molecule has 1 aliphatic heterocycles. The highest BCUT2D eigenvalue weighted by Crippen LogP contribution is 2.32. The van der Waals surface area contributed by atoms with Gasteiger partial charge in [0.2, 0.25) is 0 Å². The number of quaternary nitrogens is 1. The number of esters is 1. The van der Waals surface area contributed by atoms with Crippen molar-refractivity contribution in [2.75, 3.05) is 13.1 Å². The van der Waals surface area contributed by atoms with Crippen molar-refractivity contribution in [3.05, 3.63) is 0 Å². The summed E-state index contributed by atoms with van der Waals surface area (Å²) >= 11 is 0. The molecule has 0 aliphatic carbocycles. The molecule has 1 saturated heterocycles. The van der Waals surface area contributed by atoms with Crippen molar-refractivity contribution < 1.29 is 14.8 Å². The lowest BCUT2D eigenvalue weighted by Crippen LogP contribution is -2.86. The Bertz CT molecular complexity index is 406. The zero-order valence-corrected chi connectivity index (χ0v) is 20.8. The maximum Gasteiger partial charge on any atom is 0.306 e. The van der Waals surface area contributed by atoms with Crippen LogP contribution in [0.15, 0.2) is 0 Å². The Hall–Kier alpha value is -0.570. The molecule has 1 rings (SSSR count). The van der Waals surface area contributed by atoms with Gasteiger partial charge in [0.25, 0.3) is 0 Å². The fourth-order valence-corrected chi connectivity index (χ4v) is 4.93. The van der Waals surface area contributed by atoms with Crippen molar-refractivity contribution in [2.24, 2.45) is 5.92 Å². The van der Waals surface area contributed by atoms with Crippen molar-refractivity contribution in [1.82, 2.24) is 0 Å². The van der Waals surface area contributed by atoms with E-state index in [1.54, 1.807) is 0 Å². The normalized spacial score (nSPS) is 17.0. The molecule has 1 aliphatic rings. The second kappa shape index (κ2) is 18.0. The van der Waals surface area contributed by atoms with Gasteiger partial charge in [-0.1, -0.05) is 104 Å². The van der Waals surface area contributed by atoms with Crippen LogP contribution in [0.1, 0.15) is 143 Å². The van der Waals surface area contributed by atoms with E-state index in [9.17, 15) is 4.79 Å². The third-order valence-electron chi connectivity index (χ3n) is 7.34. The number of piperidine rings is 1. The first-order valence-corrected chi connectivity index (χ1v) is 13.7. The molecule has 178 valence electrons. The molecule has 1 unspecified atom stereocenters. The molecular formula is C27H54NO2+. The molecule has 1 heterocycles. The Morgan fingerprint density at radius 1 is 0.767 bits per heavy atom. The molecule has 0 radical (unpaired) electrons. The van der Waals surface area contributed by atoms with E-state index in [0.717, 1.165) is 12.8 Å². The van der Waals surface area contributed by atoms with Crippen molar-refractivity contribution in [1.29, 1.82) is 0 Å². The van der Waals surface area contributed by atoms with Crippen LogP contribution in [0.3, 0.4) is 0 Å². The predicted molar refractivity (Wildman–Crippen MR) is 129 cm³/mol. The Balaban J connectivity index is 1.92. The molecule has 0 aromatic heterocycles. The standard InChI is InChI=1S/C27H53NO2/c1-4-6-7-8-9-10-11-12-13-14-15-16-17-18-19-20-26(29)30-27(3,5-2)25-21-23-28-24-22-25/h25,28H,4-24H2,1-3H3/p+1. The lowest BCUT2D eigenvalue weighted by molar-refractivity contribution is -0.666. The van der Waals surface area contributed by atoms with Crippen LogP contribution in [0.2, 0.25) is 0 Å². The quantitative estimate of drug-likeness (QED) is 0.180. The van der Waals surface area contributed by atoms with Crippen molar-refractivity contribution in [3.8, 4) is 0 Å². The van der Waals surface area contributed by atoms with Crippen LogP contribution in [0.4, 0.5) is 0 Å². The summed E-state index contributed by atoms with van der Waals surface area (Å²) in [6.07, 6.45) is 24.2. The van der Waals surface area contributed by atoms with Crippen molar-refractivity contribution in [2.45, 2.75) is 148 Å². The second-order valence-corrected chi connectivity index (χ2v) is 9.98. The summed E-state index contributed by atoms with van der Waals surface area (Å²) in [7, 11) is 0. The van der Waals surface area contributed by atoms with E-state index < -0.39 is 0 Å². The number of carbonyl (C=O) groups is 1. The number of ether oxygens (including phenoxy) is 1. The van der Waals surface area contributed by atoms with E-state index in [4.69, 9.17) is 4.74 Å². The Morgan fingerprint density at radius 3 is 1.63 bits per heavy atom. The summed E-state index contributed by atoms with van der Waals surface area (Å²) in [6, 6.07) is 0. The molecule has 3 nitrogen and oxygen atoms in total. The molecule has 0 spiro atoms. The van der Waals surface area contributed by atoms with Crippen molar-refractivity contribution >= 4 is 5.97 Å². The third-order valence-corrected chi connectivity index (χ3v) is 7.34. The van der Waals surface area contributed by atoms with E-state index in [-0.39, 0.29) is 11.6 Å². The first-order chi connectivity index (χ1) is 14.6. The second-order valence-electron chi connectivity index (χ2n) is 9.98. The summed E-state index contributed by atoms with van der Waals surface area (Å²) in [6.45, 7) is 8.97. The van der Waals surface area contributed by atoms with Crippen LogP contribution in [0, 0.1) is 5.92 Å². The SMILES string of the molecule is CCCCCCCCCCCCCCCCCC(=O)OC(C)(CC)C1CC[NH2+]CC1. The van der Waals surface area contributed by atoms with E-state index in [2.05, 4.69) is 26.1 Å². The Morgan fingerprint density at radius 2 is 1.20 bits per heavy atom. The minimum atomic E-state index is -0.249. The number of hydrogen-bond acceptors (Lipinski definition) is 2. The third kappa shape index (κ3) is 13.0. The summed E-state index contributed by atoms with van der Waals surface area (Å²) in [5.41, 5.74) is -0.249. The molecule has 0 aromatic carbocycles. The number of carbonyl (C=O) groups excluding carboxylic acids is 1. The molecule has 0 aromatic rings. The molecule has 1 atom stereocenters. The van der Waals surface area contributed by atoms with Crippen LogP contribution in [0.5, 0.6) is 0 Å². The van der Waals surface area contributed by atoms with Gasteiger partial charge < -0.3 is 10.1 Å². The zero-order chi connectivity index (χ0) is 21.9. The van der Waals surface area contributed by atoms with Gasteiger partial charge in [0.05, 0.1) is 13.1 Å². The van der Waals surface area contributed by atoms with Gasteiger partial charge in [-0.25, -0.2) is 0 Å². The predicted octanol–water partition coefficient (Wildman–Crippen LogP) is 6.93. The van der Waals surface area contributed by atoms with Crippen LogP contribution >= 0.6 is 0 Å². The lowest BCUT2D eigenvalue weighted by Gasteiger charge is -2.38. The largest absolute Gasteiger partial charge is 0.459 e. The Kier molecular flexibility index (Phi) is 16.5. The molecule has 0 amide bonds. The molecule has 0 bridgehead atoms. The molecule has 0 saturated carbocycles. The van der Waals surface area contributed by atoms with Crippen LogP contribution in [0.25, 0.3) is 0 Å². The molecule has 2 N–H and O–H groups in total. The highest BCUT2D eigenvalue weighted by atomic mass is 16.6. The Labute approximate surface area is 188 Å². The van der Waals surface area contributed by atoms with Gasteiger partial charge in [-0.15, -0.1) is 0 Å². The minimum Gasteiger partial charge on any atom is -0.459 e.